The average Bonchev–Trinajstić information content (AvgIpc) is 3.39. The van der Waals surface area contributed by atoms with Crippen molar-refractivity contribution in [2.75, 3.05) is 26.2 Å². The number of urea groups is 1. The summed E-state index contributed by atoms with van der Waals surface area (Å²) in [5.74, 6) is 2.96. The summed E-state index contributed by atoms with van der Waals surface area (Å²) in [6.45, 7) is 9.70. The number of rotatable bonds is 1. The van der Waals surface area contributed by atoms with E-state index in [1.807, 2.05) is 11.8 Å². The van der Waals surface area contributed by atoms with Crippen molar-refractivity contribution in [3.63, 3.8) is 0 Å². The van der Waals surface area contributed by atoms with E-state index in [9.17, 15) is 4.79 Å². The molecule has 1 aliphatic carbocycles. The first-order chi connectivity index (χ1) is 15.9. The minimum atomic E-state index is 0.143. The normalized spacial score (nSPS) is 22.1. The number of aromatic amines is 1. The quantitative estimate of drug-likeness (QED) is 0.536. The van der Waals surface area contributed by atoms with Gasteiger partial charge in [-0.2, -0.15) is 0 Å². The second kappa shape index (κ2) is 7.65. The highest BCUT2D eigenvalue weighted by Gasteiger charge is 2.38. The van der Waals surface area contributed by atoms with Gasteiger partial charge in [0.25, 0.3) is 0 Å². The van der Waals surface area contributed by atoms with E-state index in [1.165, 1.54) is 5.57 Å². The molecule has 3 aliphatic rings. The maximum atomic E-state index is 13.4. The number of carbonyl (C=O) groups is 1. The summed E-state index contributed by atoms with van der Waals surface area (Å²) >= 11 is 0. The third kappa shape index (κ3) is 3.58. The zero-order valence-electron chi connectivity index (χ0n) is 19.5. The van der Waals surface area contributed by atoms with Gasteiger partial charge in [0.15, 0.2) is 0 Å². The number of likely N-dealkylation sites (tertiary alicyclic amines) is 1. The van der Waals surface area contributed by atoms with Crippen LogP contribution < -0.4 is 4.74 Å². The Morgan fingerprint density at radius 1 is 1.09 bits per heavy atom. The van der Waals surface area contributed by atoms with Gasteiger partial charge in [-0.05, 0) is 80.0 Å². The summed E-state index contributed by atoms with van der Waals surface area (Å²) in [4.78, 5) is 25.3. The Morgan fingerprint density at radius 3 is 2.82 bits per heavy atom. The lowest BCUT2D eigenvalue weighted by Crippen LogP contribution is -2.43. The van der Waals surface area contributed by atoms with Gasteiger partial charge >= 0.3 is 6.03 Å². The maximum Gasteiger partial charge on any atom is 0.320 e. The molecule has 0 bridgehead atoms. The van der Waals surface area contributed by atoms with Crippen LogP contribution in [-0.2, 0) is 6.54 Å². The molecule has 0 radical (unpaired) electrons. The van der Waals surface area contributed by atoms with E-state index in [-0.39, 0.29) is 6.03 Å². The summed E-state index contributed by atoms with van der Waals surface area (Å²) in [6, 6.07) is 10.8. The van der Waals surface area contributed by atoms with Crippen molar-refractivity contribution >= 4 is 17.1 Å². The number of hydrogen-bond donors (Lipinski definition) is 1. The van der Waals surface area contributed by atoms with Crippen molar-refractivity contribution in [3.05, 3.63) is 58.9 Å². The number of nitrogens with zero attached hydrogens (tertiary/aromatic N) is 3. The van der Waals surface area contributed by atoms with Crippen LogP contribution >= 0.6 is 0 Å². The van der Waals surface area contributed by atoms with Crippen LogP contribution in [0.2, 0.25) is 0 Å². The van der Waals surface area contributed by atoms with Gasteiger partial charge in [-0.1, -0.05) is 17.7 Å². The lowest BCUT2D eigenvalue weighted by atomic mass is 9.98. The molecule has 0 unspecified atom stereocenters. The van der Waals surface area contributed by atoms with Gasteiger partial charge in [0.1, 0.15) is 18.2 Å². The largest absolute Gasteiger partial charge is 0.491 e. The van der Waals surface area contributed by atoms with Crippen LogP contribution in [0.1, 0.15) is 30.3 Å². The second-order valence-corrected chi connectivity index (χ2v) is 9.93. The van der Waals surface area contributed by atoms with Gasteiger partial charge < -0.3 is 19.5 Å². The fourth-order valence-electron chi connectivity index (χ4n) is 5.86. The SMILES string of the molecule is CC1=C[C@H]2CN(C(=O)N3CCOc4c(C)cc(-c5ccc6nc(C)[nH]c6c5)cc4C3)C[C@H]2C1. The highest BCUT2D eigenvalue weighted by Crippen LogP contribution is 2.38. The highest BCUT2D eigenvalue weighted by molar-refractivity contribution is 5.82. The Bertz CT molecular complexity index is 1290. The van der Waals surface area contributed by atoms with Gasteiger partial charge in [0.05, 0.1) is 24.1 Å². The third-order valence-electron chi connectivity index (χ3n) is 7.37. The molecule has 1 saturated heterocycles. The Labute approximate surface area is 194 Å². The van der Waals surface area contributed by atoms with Crippen molar-refractivity contribution in [2.24, 2.45) is 11.8 Å². The van der Waals surface area contributed by atoms with Crippen molar-refractivity contribution in [3.8, 4) is 16.9 Å². The van der Waals surface area contributed by atoms with E-state index in [0.717, 1.165) is 64.4 Å². The third-order valence-corrected chi connectivity index (χ3v) is 7.37. The Morgan fingerprint density at radius 2 is 1.97 bits per heavy atom. The van der Waals surface area contributed by atoms with E-state index < -0.39 is 0 Å². The molecule has 6 heteroatoms. The van der Waals surface area contributed by atoms with Crippen molar-refractivity contribution < 1.29 is 9.53 Å². The molecular formula is C27H30N4O2. The number of aryl methyl sites for hydroxylation is 2. The second-order valence-electron chi connectivity index (χ2n) is 9.93. The van der Waals surface area contributed by atoms with Crippen LogP contribution in [0.3, 0.4) is 0 Å². The number of carbonyl (C=O) groups excluding carboxylic acids is 1. The summed E-state index contributed by atoms with van der Waals surface area (Å²) in [5.41, 5.74) is 7.93. The zero-order valence-corrected chi connectivity index (χ0v) is 19.5. The zero-order chi connectivity index (χ0) is 22.7. The minimum Gasteiger partial charge on any atom is -0.491 e. The summed E-state index contributed by atoms with van der Waals surface area (Å²) in [7, 11) is 0. The number of hydrogen-bond acceptors (Lipinski definition) is 3. The van der Waals surface area contributed by atoms with Crippen LogP contribution in [-0.4, -0.2) is 52.0 Å². The molecule has 2 atom stereocenters. The van der Waals surface area contributed by atoms with Gasteiger partial charge in [0, 0.05) is 18.7 Å². The molecule has 6 nitrogen and oxygen atoms in total. The molecule has 1 aromatic heterocycles. The Hall–Kier alpha value is -3.28. The van der Waals surface area contributed by atoms with Crippen molar-refractivity contribution in [1.29, 1.82) is 0 Å². The molecule has 170 valence electrons. The molecule has 6 rings (SSSR count). The number of benzene rings is 2. The number of nitrogens with one attached hydrogen (secondary N) is 1. The van der Waals surface area contributed by atoms with E-state index in [2.05, 4.69) is 65.1 Å². The molecule has 2 aliphatic heterocycles. The smallest absolute Gasteiger partial charge is 0.320 e. The number of imidazole rings is 1. The van der Waals surface area contributed by atoms with E-state index in [0.29, 0.717) is 31.5 Å². The monoisotopic (exact) mass is 442 g/mol. The lowest BCUT2D eigenvalue weighted by Gasteiger charge is -2.27. The molecule has 1 N–H and O–H groups in total. The summed E-state index contributed by atoms with van der Waals surface area (Å²) in [6.07, 6.45) is 3.50. The van der Waals surface area contributed by atoms with Crippen LogP contribution in [0.15, 0.2) is 42.0 Å². The number of amides is 2. The maximum absolute atomic E-state index is 13.4. The molecule has 0 spiro atoms. The van der Waals surface area contributed by atoms with Gasteiger partial charge in [0.2, 0.25) is 0 Å². The first kappa shape index (κ1) is 20.3. The fourth-order valence-corrected chi connectivity index (χ4v) is 5.86. The molecule has 1 fully saturated rings. The number of ether oxygens (including phenoxy) is 1. The summed E-state index contributed by atoms with van der Waals surface area (Å²) < 4.78 is 6.14. The topological polar surface area (TPSA) is 61.5 Å². The van der Waals surface area contributed by atoms with Crippen LogP contribution in [0.5, 0.6) is 5.75 Å². The molecular weight excluding hydrogens is 412 g/mol. The molecule has 2 amide bonds. The predicted molar refractivity (Wildman–Crippen MR) is 129 cm³/mol. The Balaban J connectivity index is 1.28. The lowest BCUT2D eigenvalue weighted by molar-refractivity contribution is 0.152. The van der Waals surface area contributed by atoms with E-state index in [4.69, 9.17) is 4.74 Å². The minimum absolute atomic E-state index is 0.143. The fraction of sp³-hybridized carbons (Fsp3) is 0.407. The summed E-state index contributed by atoms with van der Waals surface area (Å²) in [5, 5.41) is 0. The molecule has 33 heavy (non-hydrogen) atoms. The van der Waals surface area contributed by atoms with Crippen LogP contribution in [0, 0.1) is 25.7 Å². The molecule has 3 heterocycles. The predicted octanol–water partition coefficient (Wildman–Crippen LogP) is 5.06. The van der Waals surface area contributed by atoms with Gasteiger partial charge in [-0.25, -0.2) is 9.78 Å². The number of fused-ring (bicyclic) bond motifs is 3. The van der Waals surface area contributed by atoms with Crippen molar-refractivity contribution in [2.45, 2.75) is 33.7 Å². The van der Waals surface area contributed by atoms with Gasteiger partial charge in [-0.15, -0.1) is 0 Å². The van der Waals surface area contributed by atoms with Crippen molar-refractivity contribution in [1.82, 2.24) is 19.8 Å². The molecule has 0 saturated carbocycles. The highest BCUT2D eigenvalue weighted by atomic mass is 16.5. The molecule has 2 aromatic carbocycles. The standard InChI is InChI=1S/C27H30N4O2/c1-16-8-21-13-31(14-22(21)9-16)27(32)30-6-7-33-26-17(2)10-20(11-23(26)15-30)19-4-5-24-25(12-19)29-18(3)28-24/h4-5,8,10-12,21-22H,6-7,9,13-15H2,1-3H3,(H,28,29)/t21-,22+/m0/s1. The number of allylic oxidation sites excluding steroid dienone is 1. The Kier molecular flexibility index (Phi) is 4.71. The van der Waals surface area contributed by atoms with E-state index in [1.54, 1.807) is 0 Å². The van der Waals surface area contributed by atoms with Crippen LogP contribution in [0.4, 0.5) is 4.79 Å². The molecule has 3 aromatic rings. The number of aromatic nitrogens is 2. The average molecular weight is 443 g/mol. The number of H-pyrrole nitrogens is 1. The van der Waals surface area contributed by atoms with E-state index >= 15 is 0 Å². The van der Waals surface area contributed by atoms with Gasteiger partial charge in [-0.3, -0.25) is 0 Å². The van der Waals surface area contributed by atoms with Crippen LogP contribution in [0.25, 0.3) is 22.2 Å². The first-order valence-electron chi connectivity index (χ1n) is 11.9. The first-order valence-corrected chi connectivity index (χ1v) is 11.9.